The van der Waals surface area contributed by atoms with Gasteiger partial charge in [-0.3, -0.25) is 0 Å². The summed E-state index contributed by atoms with van der Waals surface area (Å²) in [6, 6.07) is 14.5. The number of hydrogen-bond acceptors (Lipinski definition) is 2. The van der Waals surface area contributed by atoms with E-state index in [-0.39, 0.29) is 0 Å². The first kappa shape index (κ1) is 22.6. The zero-order valence-electron chi connectivity index (χ0n) is 16.3. The van der Waals surface area contributed by atoms with Gasteiger partial charge in [0.2, 0.25) is 0 Å². The molecule has 0 aliphatic heterocycles. The largest absolute Gasteiger partial charge is 0.496 e. The Kier molecular flexibility index (Phi) is 7.74. The van der Waals surface area contributed by atoms with Crippen molar-refractivity contribution >= 4 is 70.7 Å². The van der Waals surface area contributed by atoms with Gasteiger partial charge in [0, 0.05) is 42.3 Å². The Hall–Kier alpha value is -2.10. The third-order valence-electron chi connectivity index (χ3n) is 4.44. The lowest BCUT2D eigenvalue weighted by Crippen LogP contribution is -1.93. The molecule has 0 spiro atoms. The second-order valence-corrected chi connectivity index (χ2v) is 7.90. The van der Waals surface area contributed by atoms with Gasteiger partial charge in [-0.25, -0.2) is 0 Å². The van der Waals surface area contributed by atoms with E-state index in [4.69, 9.17) is 55.9 Å². The zero-order chi connectivity index (χ0) is 21.7. The summed E-state index contributed by atoms with van der Waals surface area (Å²) in [6.07, 6.45) is 7.46. The van der Waals surface area contributed by atoms with E-state index in [1.165, 1.54) is 0 Å². The average Bonchev–Trinajstić information content (AvgIpc) is 2.73. The van der Waals surface area contributed by atoms with Gasteiger partial charge in [-0.1, -0.05) is 82.8 Å². The minimum Gasteiger partial charge on any atom is -0.496 e. The summed E-state index contributed by atoms with van der Waals surface area (Å²) in [7, 11) is 3.22. The van der Waals surface area contributed by atoms with E-state index in [2.05, 4.69) is 0 Å². The smallest absolute Gasteiger partial charge is 0.126 e. The van der Waals surface area contributed by atoms with Gasteiger partial charge in [-0.05, 0) is 36.4 Å². The van der Waals surface area contributed by atoms with Crippen molar-refractivity contribution in [2.45, 2.75) is 0 Å². The van der Waals surface area contributed by atoms with Crippen molar-refractivity contribution in [2.75, 3.05) is 14.2 Å². The zero-order valence-corrected chi connectivity index (χ0v) is 19.3. The van der Waals surface area contributed by atoms with Crippen LogP contribution < -0.4 is 9.47 Å². The molecule has 3 aromatic rings. The molecule has 0 aromatic heterocycles. The molecule has 0 radical (unpaired) electrons. The molecule has 0 aliphatic carbocycles. The minimum atomic E-state index is 0.570. The van der Waals surface area contributed by atoms with Gasteiger partial charge in [0.05, 0.1) is 14.2 Å². The summed E-state index contributed by atoms with van der Waals surface area (Å²) in [5, 5.41) is 2.28. The molecule has 0 unspecified atom stereocenters. The summed E-state index contributed by atoms with van der Waals surface area (Å²) in [6.45, 7) is 0. The Morgan fingerprint density at radius 2 is 0.900 bits per heavy atom. The molecular formula is C24H18Cl4O2. The average molecular weight is 480 g/mol. The van der Waals surface area contributed by atoms with Crippen LogP contribution in [0, 0.1) is 0 Å². The number of halogens is 4. The summed E-state index contributed by atoms with van der Waals surface area (Å²) in [5.74, 6) is 1.33. The third-order valence-corrected chi connectivity index (χ3v) is 5.76. The molecule has 0 aliphatic rings. The molecule has 0 heterocycles. The van der Waals surface area contributed by atoms with Crippen LogP contribution in [-0.2, 0) is 0 Å². The van der Waals surface area contributed by atoms with Crippen molar-refractivity contribution in [1.29, 1.82) is 0 Å². The monoisotopic (exact) mass is 478 g/mol. The number of methoxy groups -OCH3 is 2. The van der Waals surface area contributed by atoms with Crippen molar-refractivity contribution in [3.63, 3.8) is 0 Å². The van der Waals surface area contributed by atoms with Crippen LogP contribution in [0.3, 0.4) is 0 Å². The highest BCUT2D eigenvalue weighted by Crippen LogP contribution is 2.34. The second-order valence-electron chi connectivity index (χ2n) is 6.27. The second kappa shape index (κ2) is 10.3. The van der Waals surface area contributed by atoms with E-state index < -0.39 is 0 Å². The molecule has 0 amide bonds. The molecule has 0 atom stereocenters. The van der Waals surface area contributed by atoms with Gasteiger partial charge in [-0.15, -0.1) is 0 Å². The van der Waals surface area contributed by atoms with E-state index in [1.807, 2.05) is 36.4 Å². The lowest BCUT2D eigenvalue weighted by atomic mass is 10.1. The predicted octanol–water partition coefficient (Wildman–Crippen LogP) is 8.66. The van der Waals surface area contributed by atoms with E-state index >= 15 is 0 Å². The molecule has 3 aromatic carbocycles. The maximum atomic E-state index is 6.26. The van der Waals surface area contributed by atoms with Crippen LogP contribution in [0.4, 0.5) is 0 Å². The van der Waals surface area contributed by atoms with Crippen LogP contribution in [0.2, 0.25) is 20.1 Å². The lowest BCUT2D eigenvalue weighted by molar-refractivity contribution is 0.401. The van der Waals surface area contributed by atoms with Crippen LogP contribution in [0.1, 0.15) is 22.3 Å². The molecule has 0 bridgehead atoms. The molecule has 0 fully saturated rings. The Morgan fingerprint density at radius 1 is 0.567 bits per heavy atom. The van der Waals surface area contributed by atoms with Crippen LogP contribution in [0.15, 0.2) is 48.5 Å². The maximum absolute atomic E-state index is 6.26. The fourth-order valence-electron chi connectivity index (χ4n) is 2.89. The molecule has 0 saturated carbocycles. The Balaban J connectivity index is 2.00. The van der Waals surface area contributed by atoms with Crippen LogP contribution in [-0.4, -0.2) is 14.2 Å². The molecule has 154 valence electrons. The molecule has 0 N–H and O–H groups in total. The number of benzene rings is 3. The van der Waals surface area contributed by atoms with Gasteiger partial charge >= 0.3 is 0 Å². The highest BCUT2D eigenvalue weighted by molar-refractivity contribution is 6.37. The first-order chi connectivity index (χ1) is 14.4. The maximum Gasteiger partial charge on any atom is 0.126 e. The number of hydrogen-bond donors (Lipinski definition) is 0. The Morgan fingerprint density at radius 3 is 1.20 bits per heavy atom. The van der Waals surface area contributed by atoms with E-state index in [0.717, 1.165) is 22.3 Å². The van der Waals surface area contributed by atoms with Gasteiger partial charge in [0.25, 0.3) is 0 Å². The highest BCUT2D eigenvalue weighted by atomic mass is 35.5. The van der Waals surface area contributed by atoms with Crippen LogP contribution in [0.25, 0.3) is 24.3 Å². The number of ether oxygens (including phenoxy) is 2. The Labute approximate surface area is 196 Å². The predicted molar refractivity (Wildman–Crippen MR) is 130 cm³/mol. The molecule has 0 saturated heterocycles. The first-order valence-corrected chi connectivity index (χ1v) is 10.5. The molecule has 6 heteroatoms. The standard InChI is InChI=1S/C24H18Cl4O2/c1-29-23-13-16(10-12-18-21(27)7-4-8-22(18)28)24(30-2)14-15(23)9-11-17-19(25)5-3-6-20(17)26/h3-14H,1-2H3. The quantitative estimate of drug-likeness (QED) is 0.329. The van der Waals surface area contributed by atoms with Crippen molar-refractivity contribution in [1.82, 2.24) is 0 Å². The molecular weight excluding hydrogens is 462 g/mol. The topological polar surface area (TPSA) is 18.5 Å². The van der Waals surface area contributed by atoms with Crippen molar-refractivity contribution in [3.05, 3.63) is 90.9 Å². The summed E-state index contributed by atoms with van der Waals surface area (Å²) >= 11 is 25.0. The van der Waals surface area contributed by atoms with Gasteiger partial charge in [0.15, 0.2) is 0 Å². The van der Waals surface area contributed by atoms with Gasteiger partial charge in [-0.2, -0.15) is 0 Å². The Bertz CT molecular complexity index is 991. The van der Waals surface area contributed by atoms with Crippen LogP contribution >= 0.6 is 46.4 Å². The molecule has 3 rings (SSSR count). The van der Waals surface area contributed by atoms with Crippen molar-refractivity contribution in [2.24, 2.45) is 0 Å². The molecule has 2 nitrogen and oxygen atoms in total. The van der Waals surface area contributed by atoms with Crippen molar-refractivity contribution in [3.8, 4) is 11.5 Å². The van der Waals surface area contributed by atoms with E-state index in [0.29, 0.717) is 31.6 Å². The van der Waals surface area contributed by atoms with Crippen LogP contribution in [0.5, 0.6) is 11.5 Å². The summed E-state index contributed by atoms with van der Waals surface area (Å²) < 4.78 is 11.2. The normalized spacial score (nSPS) is 11.4. The lowest BCUT2D eigenvalue weighted by Gasteiger charge is -2.12. The van der Waals surface area contributed by atoms with E-state index in [1.54, 1.807) is 50.6 Å². The van der Waals surface area contributed by atoms with Gasteiger partial charge in [0.1, 0.15) is 11.5 Å². The van der Waals surface area contributed by atoms with Crippen molar-refractivity contribution < 1.29 is 9.47 Å². The number of rotatable bonds is 6. The summed E-state index contributed by atoms with van der Waals surface area (Å²) in [4.78, 5) is 0. The fourth-order valence-corrected chi connectivity index (χ4v) is 3.94. The minimum absolute atomic E-state index is 0.570. The van der Waals surface area contributed by atoms with E-state index in [9.17, 15) is 0 Å². The third kappa shape index (κ3) is 5.14. The highest BCUT2D eigenvalue weighted by Gasteiger charge is 2.10. The summed E-state index contributed by atoms with van der Waals surface area (Å²) in [5.41, 5.74) is 3.11. The first-order valence-electron chi connectivity index (χ1n) is 8.94. The molecule has 30 heavy (non-hydrogen) atoms. The van der Waals surface area contributed by atoms with Gasteiger partial charge < -0.3 is 9.47 Å². The fraction of sp³-hybridized carbons (Fsp3) is 0.0833. The SMILES string of the molecule is COc1cc(C=Cc2c(Cl)cccc2Cl)c(OC)cc1C=Cc1c(Cl)cccc1Cl.